The molecule has 0 saturated heterocycles. The van der Waals surface area contributed by atoms with Crippen molar-refractivity contribution in [2.75, 3.05) is 13.2 Å². The molecule has 2 rings (SSSR count). The number of benzene rings is 1. The quantitative estimate of drug-likeness (QED) is 0.723. The van der Waals surface area contributed by atoms with Gasteiger partial charge >= 0.3 is 5.97 Å². The van der Waals surface area contributed by atoms with E-state index in [4.69, 9.17) is 4.74 Å². The molecule has 0 atom stereocenters. The summed E-state index contributed by atoms with van der Waals surface area (Å²) in [6.07, 6.45) is 2.40. The van der Waals surface area contributed by atoms with Gasteiger partial charge < -0.3 is 4.74 Å². The highest BCUT2D eigenvalue weighted by molar-refractivity contribution is 5.71. The smallest absolute Gasteiger partial charge is 0.320 e. The van der Waals surface area contributed by atoms with Crippen molar-refractivity contribution in [3.8, 4) is 0 Å². The van der Waals surface area contributed by atoms with Gasteiger partial charge in [-0.1, -0.05) is 24.3 Å². The fraction of sp³-hybridized carbons (Fsp3) is 0.533. The van der Waals surface area contributed by atoms with Crippen molar-refractivity contribution < 1.29 is 9.53 Å². The lowest BCUT2D eigenvalue weighted by Gasteiger charge is -2.21. The van der Waals surface area contributed by atoms with Crippen LogP contribution in [0.25, 0.3) is 0 Å². The molecule has 3 nitrogen and oxygen atoms in total. The molecule has 0 amide bonds. The molecule has 0 bridgehead atoms. The van der Waals surface area contributed by atoms with E-state index in [2.05, 4.69) is 30.0 Å². The van der Waals surface area contributed by atoms with Gasteiger partial charge in [-0.2, -0.15) is 0 Å². The Balaban J connectivity index is 1.98. The highest BCUT2D eigenvalue weighted by Crippen LogP contribution is 2.28. The van der Waals surface area contributed by atoms with Crippen molar-refractivity contribution in [1.29, 1.82) is 0 Å². The Bertz CT molecular complexity index is 413. The average Bonchev–Trinajstić information content (AvgIpc) is 3.15. The molecule has 0 aliphatic heterocycles. The largest absolute Gasteiger partial charge is 0.465 e. The third-order valence-corrected chi connectivity index (χ3v) is 3.34. The van der Waals surface area contributed by atoms with Crippen LogP contribution in [0.2, 0.25) is 0 Å². The molecular formula is C15H21NO2. The zero-order valence-corrected chi connectivity index (χ0v) is 11.2. The van der Waals surface area contributed by atoms with E-state index >= 15 is 0 Å². The molecule has 98 valence electrons. The molecule has 3 heteroatoms. The van der Waals surface area contributed by atoms with E-state index in [-0.39, 0.29) is 5.97 Å². The van der Waals surface area contributed by atoms with Gasteiger partial charge in [-0.3, -0.25) is 9.69 Å². The Morgan fingerprint density at radius 1 is 1.39 bits per heavy atom. The van der Waals surface area contributed by atoms with Gasteiger partial charge in [0.2, 0.25) is 0 Å². The van der Waals surface area contributed by atoms with Crippen molar-refractivity contribution in [3.63, 3.8) is 0 Å². The monoisotopic (exact) mass is 247 g/mol. The summed E-state index contributed by atoms with van der Waals surface area (Å²) in [4.78, 5) is 13.8. The van der Waals surface area contributed by atoms with Crippen LogP contribution in [0.5, 0.6) is 0 Å². The van der Waals surface area contributed by atoms with Crippen molar-refractivity contribution in [2.45, 2.75) is 39.3 Å². The summed E-state index contributed by atoms with van der Waals surface area (Å²) < 4.78 is 5.04. The van der Waals surface area contributed by atoms with Crippen LogP contribution in [0.3, 0.4) is 0 Å². The van der Waals surface area contributed by atoms with Crippen LogP contribution in [0.1, 0.15) is 30.9 Å². The SMILES string of the molecule is CCOC(=O)CN(Cc1ccccc1C)C1CC1. The van der Waals surface area contributed by atoms with E-state index in [1.165, 1.54) is 24.0 Å². The number of carbonyl (C=O) groups is 1. The summed E-state index contributed by atoms with van der Waals surface area (Å²) in [5, 5.41) is 0. The van der Waals surface area contributed by atoms with E-state index in [9.17, 15) is 4.79 Å². The van der Waals surface area contributed by atoms with Gasteiger partial charge in [0, 0.05) is 12.6 Å². The van der Waals surface area contributed by atoms with Gasteiger partial charge in [-0.15, -0.1) is 0 Å². The zero-order chi connectivity index (χ0) is 13.0. The first-order chi connectivity index (χ1) is 8.70. The van der Waals surface area contributed by atoms with E-state index in [1.807, 2.05) is 13.0 Å². The molecule has 0 aromatic heterocycles. The van der Waals surface area contributed by atoms with Crippen LogP contribution >= 0.6 is 0 Å². The first kappa shape index (κ1) is 13.1. The third kappa shape index (κ3) is 3.57. The lowest BCUT2D eigenvalue weighted by Crippen LogP contribution is -2.32. The first-order valence-corrected chi connectivity index (χ1v) is 6.65. The molecule has 1 aromatic carbocycles. The minimum atomic E-state index is -0.113. The van der Waals surface area contributed by atoms with E-state index < -0.39 is 0 Å². The van der Waals surface area contributed by atoms with Gasteiger partial charge in [-0.25, -0.2) is 0 Å². The summed E-state index contributed by atoms with van der Waals surface area (Å²) >= 11 is 0. The van der Waals surface area contributed by atoms with E-state index in [0.717, 1.165) is 6.54 Å². The van der Waals surface area contributed by atoms with Gasteiger partial charge in [-0.05, 0) is 37.8 Å². The number of carbonyl (C=O) groups excluding carboxylic acids is 1. The molecule has 0 unspecified atom stereocenters. The molecule has 18 heavy (non-hydrogen) atoms. The Kier molecular flexibility index (Phi) is 4.37. The Labute approximate surface area is 109 Å². The second-order valence-electron chi connectivity index (χ2n) is 4.87. The molecular weight excluding hydrogens is 226 g/mol. The molecule has 1 saturated carbocycles. The Morgan fingerprint density at radius 2 is 2.11 bits per heavy atom. The molecule has 0 N–H and O–H groups in total. The molecule has 1 fully saturated rings. The lowest BCUT2D eigenvalue weighted by atomic mass is 10.1. The molecule has 0 radical (unpaired) electrons. The van der Waals surface area contributed by atoms with Crippen LogP contribution in [-0.2, 0) is 16.1 Å². The van der Waals surface area contributed by atoms with Crippen molar-refractivity contribution in [2.24, 2.45) is 0 Å². The van der Waals surface area contributed by atoms with Crippen molar-refractivity contribution >= 4 is 5.97 Å². The molecule has 0 heterocycles. The number of nitrogens with zero attached hydrogens (tertiary/aromatic N) is 1. The average molecular weight is 247 g/mol. The standard InChI is InChI=1S/C15H21NO2/c1-3-18-15(17)11-16(14-8-9-14)10-13-7-5-4-6-12(13)2/h4-7,14H,3,8-11H2,1-2H3. The third-order valence-electron chi connectivity index (χ3n) is 3.34. The number of aryl methyl sites for hydroxylation is 1. The fourth-order valence-electron chi connectivity index (χ4n) is 2.13. The van der Waals surface area contributed by atoms with Crippen LogP contribution < -0.4 is 0 Å². The van der Waals surface area contributed by atoms with Gasteiger partial charge in [0.05, 0.1) is 13.2 Å². The fourth-order valence-corrected chi connectivity index (χ4v) is 2.13. The maximum absolute atomic E-state index is 11.6. The first-order valence-electron chi connectivity index (χ1n) is 6.65. The lowest BCUT2D eigenvalue weighted by molar-refractivity contribution is -0.144. The predicted octanol–water partition coefficient (Wildman–Crippen LogP) is 2.52. The van der Waals surface area contributed by atoms with Gasteiger partial charge in [0.15, 0.2) is 0 Å². The second-order valence-corrected chi connectivity index (χ2v) is 4.87. The van der Waals surface area contributed by atoms with Crippen molar-refractivity contribution in [3.05, 3.63) is 35.4 Å². The topological polar surface area (TPSA) is 29.5 Å². The van der Waals surface area contributed by atoms with E-state index in [1.54, 1.807) is 0 Å². The highest BCUT2D eigenvalue weighted by atomic mass is 16.5. The normalized spacial score (nSPS) is 14.8. The Hall–Kier alpha value is -1.35. The maximum atomic E-state index is 11.6. The number of hydrogen-bond donors (Lipinski definition) is 0. The minimum Gasteiger partial charge on any atom is -0.465 e. The number of esters is 1. The van der Waals surface area contributed by atoms with Crippen LogP contribution in [0, 0.1) is 6.92 Å². The van der Waals surface area contributed by atoms with Gasteiger partial charge in [0.25, 0.3) is 0 Å². The summed E-state index contributed by atoms with van der Waals surface area (Å²) in [6.45, 7) is 5.68. The van der Waals surface area contributed by atoms with Crippen molar-refractivity contribution in [1.82, 2.24) is 4.90 Å². The number of ether oxygens (including phenoxy) is 1. The van der Waals surface area contributed by atoms with Crippen LogP contribution in [-0.4, -0.2) is 30.1 Å². The Morgan fingerprint density at radius 3 is 2.72 bits per heavy atom. The van der Waals surface area contributed by atoms with Crippen LogP contribution in [0.4, 0.5) is 0 Å². The molecule has 0 spiro atoms. The number of rotatable bonds is 6. The summed E-state index contributed by atoms with van der Waals surface area (Å²) in [7, 11) is 0. The summed E-state index contributed by atoms with van der Waals surface area (Å²) in [6, 6.07) is 8.92. The minimum absolute atomic E-state index is 0.113. The number of hydrogen-bond acceptors (Lipinski definition) is 3. The van der Waals surface area contributed by atoms with E-state index in [0.29, 0.717) is 19.2 Å². The maximum Gasteiger partial charge on any atom is 0.320 e. The van der Waals surface area contributed by atoms with Crippen LogP contribution in [0.15, 0.2) is 24.3 Å². The highest BCUT2D eigenvalue weighted by Gasteiger charge is 2.30. The predicted molar refractivity (Wildman–Crippen MR) is 71.2 cm³/mol. The molecule has 1 aliphatic carbocycles. The summed E-state index contributed by atoms with van der Waals surface area (Å²) in [5.41, 5.74) is 2.58. The molecule has 1 aromatic rings. The van der Waals surface area contributed by atoms with Gasteiger partial charge in [0.1, 0.15) is 0 Å². The second kappa shape index (κ2) is 6.01. The summed E-state index contributed by atoms with van der Waals surface area (Å²) in [5.74, 6) is -0.113. The molecule has 1 aliphatic rings. The zero-order valence-electron chi connectivity index (χ0n) is 11.2.